The van der Waals surface area contributed by atoms with Gasteiger partial charge in [0, 0.05) is 22.5 Å². The highest BCUT2D eigenvalue weighted by Crippen LogP contribution is 2.27. The molecule has 1 fully saturated rings. The van der Waals surface area contributed by atoms with E-state index in [0.29, 0.717) is 17.3 Å². The molecule has 0 atom stereocenters. The Morgan fingerprint density at radius 3 is 2.74 bits per heavy atom. The van der Waals surface area contributed by atoms with Gasteiger partial charge >= 0.3 is 0 Å². The minimum absolute atomic E-state index is 0.0961. The standard InChI is InChI=1S/C17H20ClN3OS/c1-17(6-8-19-9-7-17)11-20-15(22)14-10-23-16(21-14)12-2-4-13(18)5-3-12/h2-5,10,19H,6-9,11H2,1H3,(H,20,22). The number of benzene rings is 1. The number of carbonyl (C=O) groups is 1. The monoisotopic (exact) mass is 349 g/mol. The second-order valence-corrected chi connectivity index (χ2v) is 7.58. The van der Waals surface area contributed by atoms with Crippen LogP contribution in [0.3, 0.4) is 0 Å². The van der Waals surface area contributed by atoms with E-state index in [0.717, 1.165) is 36.5 Å². The summed E-state index contributed by atoms with van der Waals surface area (Å²) in [5, 5.41) is 9.73. The highest BCUT2D eigenvalue weighted by atomic mass is 35.5. The second kappa shape index (κ2) is 6.99. The topological polar surface area (TPSA) is 54.0 Å². The van der Waals surface area contributed by atoms with Crippen molar-refractivity contribution < 1.29 is 4.79 Å². The smallest absolute Gasteiger partial charge is 0.270 e. The van der Waals surface area contributed by atoms with Crippen LogP contribution in [0, 0.1) is 5.41 Å². The van der Waals surface area contributed by atoms with Crippen LogP contribution in [0.4, 0.5) is 0 Å². The molecule has 0 bridgehead atoms. The normalized spacial score (nSPS) is 17.0. The van der Waals surface area contributed by atoms with Gasteiger partial charge in [0.1, 0.15) is 10.7 Å². The molecule has 0 radical (unpaired) electrons. The molecule has 23 heavy (non-hydrogen) atoms. The summed E-state index contributed by atoms with van der Waals surface area (Å²) in [6.45, 7) is 4.96. The molecule has 4 nitrogen and oxygen atoms in total. The Morgan fingerprint density at radius 1 is 1.35 bits per heavy atom. The average molecular weight is 350 g/mol. The predicted octanol–water partition coefficient (Wildman–Crippen LogP) is 3.58. The number of carbonyl (C=O) groups excluding carboxylic acids is 1. The van der Waals surface area contributed by atoms with E-state index in [9.17, 15) is 4.79 Å². The molecule has 0 saturated carbocycles. The Bertz CT molecular complexity index is 677. The summed E-state index contributed by atoms with van der Waals surface area (Å²) < 4.78 is 0. The third-order valence-electron chi connectivity index (χ3n) is 4.31. The fourth-order valence-corrected chi connectivity index (χ4v) is 3.63. The lowest BCUT2D eigenvalue weighted by Crippen LogP contribution is -2.42. The number of hydrogen-bond acceptors (Lipinski definition) is 4. The van der Waals surface area contributed by atoms with Gasteiger partial charge in [-0.25, -0.2) is 4.98 Å². The van der Waals surface area contributed by atoms with Crippen molar-refractivity contribution in [3.05, 3.63) is 40.4 Å². The van der Waals surface area contributed by atoms with Crippen LogP contribution in [0.2, 0.25) is 5.02 Å². The quantitative estimate of drug-likeness (QED) is 0.887. The number of hydrogen-bond donors (Lipinski definition) is 2. The summed E-state index contributed by atoms with van der Waals surface area (Å²) in [5.41, 5.74) is 1.64. The summed E-state index contributed by atoms with van der Waals surface area (Å²) in [7, 11) is 0. The molecule has 0 unspecified atom stereocenters. The van der Waals surface area contributed by atoms with E-state index in [1.54, 1.807) is 0 Å². The Balaban J connectivity index is 1.63. The van der Waals surface area contributed by atoms with Crippen molar-refractivity contribution in [2.75, 3.05) is 19.6 Å². The van der Waals surface area contributed by atoms with Gasteiger partial charge in [-0.3, -0.25) is 4.79 Å². The predicted molar refractivity (Wildman–Crippen MR) is 95.1 cm³/mol. The molecule has 3 rings (SSSR count). The molecule has 2 aromatic rings. The van der Waals surface area contributed by atoms with Gasteiger partial charge in [0.15, 0.2) is 0 Å². The average Bonchev–Trinajstić information content (AvgIpc) is 3.04. The maximum atomic E-state index is 12.3. The zero-order chi connectivity index (χ0) is 16.3. The zero-order valence-electron chi connectivity index (χ0n) is 13.1. The van der Waals surface area contributed by atoms with Gasteiger partial charge in [0.2, 0.25) is 0 Å². The molecule has 1 aliphatic rings. The van der Waals surface area contributed by atoms with Gasteiger partial charge in [0.25, 0.3) is 5.91 Å². The van der Waals surface area contributed by atoms with Crippen molar-refractivity contribution in [1.82, 2.24) is 15.6 Å². The molecule has 2 heterocycles. The van der Waals surface area contributed by atoms with Gasteiger partial charge in [-0.1, -0.05) is 30.7 Å². The van der Waals surface area contributed by atoms with E-state index in [1.165, 1.54) is 11.3 Å². The van der Waals surface area contributed by atoms with Crippen LogP contribution in [0.5, 0.6) is 0 Å². The molecule has 0 spiro atoms. The van der Waals surface area contributed by atoms with Crippen LogP contribution in [0.25, 0.3) is 10.6 Å². The fourth-order valence-electron chi connectivity index (χ4n) is 2.69. The van der Waals surface area contributed by atoms with Crippen LogP contribution < -0.4 is 10.6 Å². The van der Waals surface area contributed by atoms with E-state index >= 15 is 0 Å². The van der Waals surface area contributed by atoms with Crippen molar-refractivity contribution in [3.8, 4) is 10.6 Å². The van der Waals surface area contributed by atoms with E-state index in [-0.39, 0.29) is 11.3 Å². The van der Waals surface area contributed by atoms with Crippen molar-refractivity contribution in [1.29, 1.82) is 0 Å². The third kappa shape index (κ3) is 4.10. The van der Waals surface area contributed by atoms with Crippen LogP contribution in [-0.4, -0.2) is 30.5 Å². The maximum absolute atomic E-state index is 12.3. The minimum Gasteiger partial charge on any atom is -0.350 e. The summed E-state index contributed by atoms with van der Waals surface area (Å²) in [5.74, 6) is -0.0961. The number of rotatable bonds is 4. The molecule has 1 aromatic heterocycles. The molecular formula is C17H20ClN3OS. The molecule has 6 heteroatoms. The number of amides is 1. The number of nitrogens with zero attached hydrogens (tertiary/aromatic N) is 1. The number of halogens is 1. The lowest BCUT2D eigenvalue weighted by Gasteiger charge is -2.34. The van der Waals surface area contributed by atoms with Crippen molar-refractivity contribution in [2.24, 2.45) is 5.41 Å². The van der Waals surface area contributed by atoms with Crippen molar-refractivity contribution in [2.45, 2.75) is 19.8 Å². The fraction of sp³-hybridized carbons (Fsp3) is 0.412. The summed E-state index contributed by atoms with van der Waals surface area (Å²) in [6, 6.07) is 7.49. The van der Waals surface area contributed by atoms with E-state index in [1.807, 2.05) is 29.6 Å². The van der Waals surface area contributed by atoms with E-state index in [4.69, 9.17) is 11.6 Å². The largest absolute Gasteiger partial charge is 0.350 e. The van der Waals surface area contributed by atoms with Crippen molar-refractivity contribution in [3.63, 3.8) is 0 Å². The Morgan fingerprint density at radius 2 is 2.04 bits per heavy atom. The first-order chi connectivity index (χ1) is 11.1. The lowest BCUT2D eigenvalue weighted by molar-refractivity contribution is 0.0918. The first-order valence-corrected chi connectivity index (χ1v) is 9.02. The summed E-state index contributed by atoms with van der Waals surface area (Å²) in [4.78, 5) is 16.8. The SMILES string of the molecule is CC1(CNC(=O)c2csc(-c3ccc(Cl)cc3)n2)CCNCC1. The number of piperidine rings is 1. The van der Waals surface area contributed by atoms with Crippen LogP contribution in [0.15, 0.2) is 29.6 Å². The van der Waals surface area contributed by atoms with Crippen LogP contribution in [0.1, 0.15) is 30.3 Å². The number of aromatic nitrogens is 1. The Kier molecular flexibility index (Phi) is 4.99. The molecule has 1 aliphatic heterocycles. The third-order valence-corrected chi connectivity index (χ3v) is 5.46. The molecule has 0 aliphatic carbocycles. The number of thiazole rings is 1. The summed E-state index contributed by atoms with van der Waals surface area (Å²) in [6.07, 6.45) is 2.17. The van der Waals surface area contributed by atoms with Crippen LogP contribution >= 0.6 is 22.9 Å². The van der Waals surface area contributed by atoms with Crippen molar-refractivity contribution >= 4 is 28.8 Å². The van der Waals surface area contributed by atoms with Gasteiger partial charge in [-0.05, 0) is 43.5 Å². The van der Waals surface area contributed by atoms with Gasteiger partial charge in [-0.2, -0.15) is 0 Å². The first-order valence-electron chi connectivity index (χ1n) is 7.76. The molecule has 2 N–H and O–H groups in total. The molecule has 1 amide bonds. The molecular weight excluding hydrogens is 330 g/mol. The van der Waals surface area contributed by atoms with Gasteiger partial charge in [0.05, 0.1) is 0 Å². The minimum atomic E-state index is -0.0961. The number of nitrogens with one attached hydrogen (secondary N) is 2. The lowest BCUT2D eigenvalue weighted by atomic mass is 9.81. The van der Waals surface area contributed by atoms with Gasteiger partial charge < -0.3 is 10.6 Å². The summed E-state index contributed by atoms with van der Waals surface area (Å²) >= 11 is 7.37. The molecule has 1 saturated heterocycles. The Hall–Kier alpha value is -1.43. The maximum Gasteiger partial charge on any atom is 0.270 e. The zero-order valence-corrected chi connectivity index (χ0v) is 14.6. The highest BCUT2D eigenvalue weighted by molar-refractivity contribution is 7.13. The Labute approximate surface area is 145 Å². The second-order valence-electron chi connectivity index (χ2n) is 6.29. The first kappa shape index (κ1) is 16.4. The van der Waals surface area contributed by atoms with Gasteiger partial charge in [-0.15, -0.1) is 11.3 Å². The van der Waals surface area contributed by atoms with E-state index < -0.39 is 0 Å². The van der Waals surface area contributed by atoms with E-state index in [2.05, 4.69) is 22.5 Å². The van der Waals surface area contributed by atoms with Crippen LogP contribution in [-0.2, 0) is 0 Å². The highest BCUT2D eigenvalue weighted by Gasteiger charge is 2.27. The molecule has 122 valence electrons. The molecule has 1 aromatic carbocycles.